The third kappa shape index (κ3) is 6.21. The summed E-state index contributed by atoms with van der Waals surface area (Å²) >= 11 is 1.38. The highest BCUT2D eigenvalue weighted by molar-refractivity contribution is 7.14. The number of benzene rings is 2. The number of piperazine rings is 1. The molecular weight excluding hydrogens is 592 g/mol. The van der Waals surface area contributed by atoms with Gasteiger partial charge in [-0.15, -0.1) is 11.3 Å². The van der Waals surface area contributed by atoms with Crippen LogP contribution in [0, 0.1) is 6.92 Å². The van der Waals surface area contributed by atoms with Crippen molar-refractivity contribution in [1.82, 2.24) is 19.4 Å². The molecule has 3 heterocycles. The number of aryl methyl sites for hydroxylation is 2. The third-order valence-electron chi connectivity index (χ3n) is 8.50. The van der Waals surface area contributed by atoms with E-state index in [1.807, 2.05) is 56.3 Å². The molecule has 0 radical (unpaired) electrons. The summed E-state index contributed by atoms with van der Waals surface area (Å²) in [5.41, 5.74) is 4.67. The van der Waals surface area contributed by atoms with E-state index in [2.05, 4.69) is 15.6 Å². The van der Waals surface area contributed by atoms with Gasteiger partial charge in [0.25, 0.3) is 5.56 Å². The number of aliphatic hydroxyl groups excluding tert-OH is 1. The molecule has 6 rings (SSSR count). The van der Waals surface area contributed by atoms with Crippen molar-refractivity contribution in [2.45, 2.75) is 38.3 Å². The van der Waals surface area contributed by atoms with Crippen molar-refractivity contribution in [1.29, 1.82) is 0 Å². The molecule has 2 aliphatic rings. The van der Waals surface area contributed by atoms with Gasteiger partial charge in [-0.2, -0.15) is 0 Å². The van der Waals surface area contributed by atoms with Crippen LogP contribution in [0.15, 0.2) is 59.5 Å². The molecule has 1 saturated heterocycles. The predicted octanol–water partition coefficient (Wildman–Crippen LogP) is 4.99. The minimum atomic E-state index is -0.629. The summed E-state index contributed by atoms with van der Waals surface area (Å²) < 4.78 is 7.03. The second-order valence-corrected chi connectivity index (χ2v) is 12.7. The topological polar surface area (TPSA) is 129 Å². The maximum absolute atomic E-state index is 13.1. The van der Waals surface area contributed by atoms with Gasteiger partial charge >= 0.3 is 6.09 Å². The molecule has 4 aromatic rings. The average molecular weight is 629 g/mol. The van der Waals surface area contributed by atoms with Crippen molar-refractivity contribution in [3.8, 4) is 16.3 Å². The van der Waals surface area contributed by atoms with E-state index in [0.29, 0.717) is 35.1 Å². The van der Waals surface area contributed by atoms with E-state index in [1.54, 1.807) is 36.3 Å². The normalized spacial score (nSPS) is 18.4. The maximum Gasteiger partial charge on any atom is 0.417 e. The van der Waals surface area contributed by atoms with Gasteiger partial charge in [-0.3, -0.25) is 19.8 Å². The van der Waals surface area contributed by atoms with E-state index in [0.717, 1.165) is 46.5 Å². The zero-order valence-electron chi connectivity index (χ0n) is 25.7. The Morgan fingerprint density at radius 1 is 1.09 bits per heavy atom. The predicted molar refractivity (Wildman–Crippen MR) is 174 cm³/mol. The molecule has 12 heteroatoms. The Kier molecular flexibility index (Phi) is 8.45. The van der Waals surface area contributed by atoms with Gasteiger partial charge in [0.1, 0.15) is 6.04 Å². The van der Waals surface area contributed by atoms with Crippen LogP contribution in [-0.2, 0) is 18.3 Å². The highest BCUT2D eigenvalue weighted by Crippen LogP contribution is 2.39. The second-order valence-electron chi connectivity index (χ2n) is 11.6. The molecule has 45 heavy (non-hydrogen) atoms. The highest BCUT2D eigenvalue weighted by Gasteiger charge is 2.32. The van der Waals surface area contributed by atoms with Gasteiger partial charge in [0.15, 0.2) is 10.9 Å². The minimum absolute atomic E-state index is 0.0538. The summed E-state index contributed by atoms with van der Waals surface area (Å²) in [7, 11) is 5.42. The van der Waals surface area contributed by atoms with Gasteiger partial charge in [-0.25, -0.2) is 9.78 Å². The van der Waals surface area contributed by atoms with Crippen LogP contribution >= 0.6 is 11.3 Å². The fraction of sp³-hybridized carbons (Fsp3) is 0.333. The van der Waals surface area contributed by atoms with Crippen LogP contribution in [0.25, 0.3) is 11.3 Å². The fourth-order valence-corrected chi connectivity index (χ4v) is 6.98. The van der Waals surface area contributed by atoms with Crippen molar-refractivity contribution >= 4 is 40.5 Å². The molecule has 2 aromatic carbocycles. The molecule has 2 unspecified atom stereocenters. The zero-order valence-corrected chi connectivity index (χ0v) is 26.5. The first-order valence-corrected chi connectivity index (χ1v) is 15.7. The van der Waals surface area contributed by atoms with E-state index in [-0.39, 0.29) is 23.3 Å². The number of nitrogens with zero attached hydrogens (tertiary/aromatic N) is 4. The van der Waals surface area contributed by atoms with Crippen molar-refractivity contribution in [2.24, 2.45) is 7.05 Å². The summed E-state index contributed by atoms with van der Waals surface area (Å²) in [6.45, 7) is 3.35. The Morgan fingerprint density at radius 3 is 2.62 bits per heavy atom. The summed E-state index contributed by atoms with van der Waals surface area (Å²) in [4.78, 5) is 48.2. The molecule has 11 nitrogen and oxygen atoms in total. The molecular formula is C33H36N6O5S. The molecule has 0 bridgehead atoms. The maximum atomic E-state index is 13.1. The van der Waals surface area contributed by atoms with Gasteiger partial charge in [-0.1, -0.05) is 24.3 Å². The number of carbonyl (C=O) groups is 2. The Hall–Kier alpha value is -4.52. The molecule has 1 aliphatic heterocycles. The highest BCUT2D eigenvalue weighted by atomic mass is 32.1. The average Bonchev–Trinajstić information content (AvgIpc) is 3.43. The van der Waals surface area contributed by atoms with Gasteiger partial charge in [0, 0.05) is 55.2 Å². The number of fused-ring (bicyclic) bond motifs is 1. The van der Waals surface area contributed by atoms with Gasteiger partial charge in [0.05, 0.1) is 11.8 Å². The van der Waals surface area contributed by atoms with Crippen molar-refractivity contribution in [3.63, 3.8) is 0 Å². The number of likely N-dealkylation sites (N-methyl/N-ethyl adjacent to an activating group) is 2. The summed E-state index contributed by atoms with van der Waals surface area (Å²) in [6, 6.07) is 14.3. The minimum Gasteiger partial charge on any atom is -0.399 e. The monoisotopic (exact) mass is 628 g/mol. The molecule has 1 aliphatic carbocycles. The van der Waals surface area contributed by atoms with Crippen molar-refractivity contribution in [2.75, 3.05) is 37.8 Å². The Bertz CT molecular complexity index is 1820. The number of aliphatic hydroxyl groups is 1. The zero-order chi connectivity index (χ0) is 31.8. The molecule has 2 atom stereocenters. The number of anilines is 3. The number of thiophene rings is 1. The number of aromatic nitrogens is 2. The Morgan fingerprint density at radius 2 is 1.87 bits per heavy atom. The fourth-order valence-electron chi connectivity index (χ4n) is 5.88. The van der Waals surface area contributed by atoms with Crippen LogP contribution < -0.4 is 20.9 Å². The molecule has 0 spiro atoms. The van der Waals surface area contributed by atoms with Crippen LogP contribution in [0.3, 0.4) is 0 Å². The lowest BCUT2D eigenvalue weighted by Gasteiger charge is -2.37. The summed E-state index contributed by atoms with van der Waals surface area (Å²) in [5.74, 6) is 0.201. The van der Waals surface area contributed by atoms with Crippen LogP contribution in [0.2, 0.25) is 0 Å². The quantitative estimate of drug-likeness (QED) is 0.273. The standard InChI is InChI=1S/C33H36N6O5S/c1-19-22(7-5-8-24(19)36-33(43)44-28-17-23-26(40)9-6-10-27(23)45-28)25-18-39(4)32(42)30(35-25)34-21-13-11-20(12-14-21)29-31(41)38(3)16-15-37(29)2/h5,7-8,11-14,17-18,26,29,40H,6,9-10,15-16H2,1-4H3,(H,34,35)(H,36,43). The van der Waals surface area contributed by atoms with Crippen LogP contribution in [0.4, 0.5) is 22.0 Å². The van der Waals surface area contributed by atoms with E-state index in [9.17, 15) is 19.5 Å². The lowest BCUT2D eigenvalue weighted by atomic mass is 9.97. The number of nitrogens with one attached hydrogen (secondary N) is 2. The summed E-state index contributed by atoms with van der Waals surface area (Å²) in [5, 5.41) is 16.7. The van der Waals surface area contributed by atoms with Crippen molar-refractivity contribution in [3.05, 3.63) is 86.6 Å². The molecule has 1 fully saturated rings. The van der Waals surface area contributed by atoms with Crippen LogP contribution in [0.1, 0.15) is 46.6 Å². The third-order valence-corrected chi connectivity index (χ3v) is 9.59. The first-order chi connectivity index (χ1) is 21.6. The molecule has 234 valence electrons. The number of ether oxygens (including phenoxy) is 1. The number of hydrogen-bond donors (Lipinski definition) is 3. The number of carbonyl (C=O) groups excluding carboxylic acids is 2. The van der Waals surface area contributed by atoms with Gasteiger partial charge in [0.2, 0.25) is 5.91 Å². The SMILES string of the molecule is Cc1c(NC(=O)Oc2cc3c(s2)CCCC3O)cccc1-c1cn(C)c(=O)c(Nc2ccc(C3C(=O)N(C)CCN3C)cc2)n1. The molecule has 0 saturated carbocycles. The van der Waals surface area contributed by atoms with E-state index < -0.39 is 12.2 Å². The van der Waals surface area contributed by atoms with Crippen molar-refractivity contribution < 1.29 is 19.4 Å². The van der Waals surface area contributed by atoms with Gasteiger partial charge < -0.3 is 24.6 Å². The lowest BCUT2D eigenvalue weighted by molar-refractivity contribution is -0.139. The smallest absolute Gasteiger partial charge is 0.399 e. The van der Waals surface area contributed by atoms with E-state index in [4.69, 9.17) is 4.74 Å². The van der Waals surface area contributed by atoms with E-state index >= 15 is 0 Å². The van der Waals surface area contributed by atoms with Crippen LogP contribution in [-0.4, -0.2) is 63.6 Å². The number of amides is 2. The molecule has 2 amide bonds. The van der Waals surface area contributed by atoms with Gasteiger partial charge in [-0.05, 0) is 74.2 Å². The second kappa shape index (κ2) is 12.5. The summed E-state index contributed by atoms with van der Waals surface area (Å²) in [6.07, 6.45) is 3.00. The molecule has 3 N–H and O–H groups in total. The number of rotatable bonds is 6. The molecule has 2 aromatic heterocycles. The van der Waals surface area contributed by atoms with E-state index in [1.165, 1.54) is 15.9 Å². The largest absolute Gasteiger partial charge is 0.417 e. The van der Waals surface area contributed by atoms with Crippen LogP contribution in [0.5, 0.6) is 5.06 Å². The Balaban J connectivity index is 1.20. The lowest BCUT2D eigenvalue weighted by Crippen LogP contribution is -2.48. The Labute approximate surface area is 265 Å². The first-order valence-electron chi connectivity index (χ1n) is 14.9. The number of hydrogen-bond acceptors (Lipinski definition) is 9. The first kappa shape index (κ1) is 30.5.